The van der Waals surface area contributed by atoms with E-state index in [4.69, 9.17) is 0 Å². The fraction of sp³-hybridized carbons (Fsp3) is 0.688. The molecule has 0 aromatic carbocycles. The summed E-state index contributed by atoms with van der Waals surface area (Å²) >= 11 is 0. The van der Waals surface area contributed by atoms with Crippen LogP contribution in [0.4, 0.5) is 0 Å². The molecule has 0 amide bonds. The first-order valence-corrected chi connectivity index (χ1v) is 7.66. The second-order valence-corrected chi connectivity index (χ2v) is 6.11. The van der Waals surface area contributed by atoms with Crippen LogP contribution in [-0.4, -0.2) is 35.1 Å². The molecule has 1 saturated carbocycles. The number of nitrogens with zero attached hydrogens (tertiary/aromatic N) is 2. The van der Waals surface area contributed by atoms with Gasteiger partial charge in [-0.1, -0.05) is 13.0 Å². The Labute approximate surface area is 116 Å². The average molecular weight is 259 g/mol. The minimum atomic E-state index is 0.664. The number of aryl methyl sites for hydroxylation is 1. The zero-order valence-electron chi connectivity index (χ0n) is 12.1. The lowest BCUT2D eigenvalue weighted by Gasteiger charge is -2.40. The average Bonchev–Trinajstić information content (AvgIpc) is 3.23. The van der Waals surface area contributed by atoms with Crippen molar-refractivity contribution in [1.82, 2.24) is 15.2 Å². The van der Waals surface area contributed by atoms with Gasteiger partial charge in [-0.25, -0.2) is 0 Å². The highest BCUT2D eigenvalue weighted by Crippen LogP contribution is 2.34. The lowest BCUT2D eigenvalue weighted by Crippen LogP contribution is -2.56. The molecular weight excluding hydrogens is 234 g/mol. The van der Waals surface area contributed by atoms with E-state index in [1.54, 1.807) is 0 Å². The number of hydrogen-bond acceptors (Lipinski definition) is 3. The van der Waals surface area contributed by atoms with Gasteiger partial charge in [0.05, 0.1) is 5.69 Å². The smallest absolute Gasteiger partial charge is 0.0547 e. The van der Waals surface area contributed by atoms with Gasteiger partial charge in [0.15, 0.2) is 0 Å². The Morgan fingerprint density at radius 3 is 2.89 bits per heavy atom. The standard InChI is InChI=1S/C16H25N3/c1-3-15-9-17-16(13-7-8-13)11-19(15)10-14-6-4-5-12(2)18-14/h4-6,13,15-17H,3,7-11H2,1-2H3. The van der Waals surface area contributed by atoms with Crippen LogP contribution in [0.15, 0.2) is 18.2 Å². The maximum atomic E-state index is 4.66. The van der Waals surface area contributed by atoms with Crippen molar-refractivity contribution in [3.63, 3.8) is 0 Å². The van der Waals surface area contributed by atoms with E-state index in [9.17, 15) is 0 Å². The Bertz CT molecular complexity index is 428. The van der Waals surface area contributed by atoms with Crippen LogP contribution in [0.2, 0.25) is 0 Å². The predicted molar refractivity (Wildman–Crippen MR) is 78.0 cm³/mol. The van der Waals surface area contributed by atoms with Crippen LogP contribution in [-0.2, 0) is 6.54 Å². The third-order valence-corrected chi connectivity index (χ3v) is 4.54. The van der Waals surface area contributed by atoms with Gasteiger partial charge in [0, 0.05) is 37.4 Å². The molecule has 3 rings (SSSR count). The van der Waals surface area contributed by atoms with Crippen molar-refractivity contribution in [2.75, 3.05) is 13.1 Å². The number of nitrogens with one attached hydrogen (secondary N) is 1. The summed E-state index contributed by atoms with van der Waals surface area (Å²) in [5.41, 5.74) is 2.34. The van der Waals surface area contributed by atoms with E-state index in [1.807, 2.05) is 0 Å². The number of piperazine rings is 1. The van der Waals surface area contributed by atoms with Gasteiger partial charge in [-0.05, 0) is 44.2 Å². The highest BCUT2D eigenvalue weighted by molar-refractivity contribution is 5.10. The molecule has 2 heterocycles. The van der Waals surface area contributed by atoms with Crippen LogP contribution >= 0.6 is 0 Å². The maximum absolute atomic E-state index is 4.66. The third kappa shape index (κ3) is 3.15. The Kier molecular flexibility index (Phi) is 3.85. The molecule has 1 saturated heterocycles. The van der Waals surface area contributed by atoms with Gasteiger partial charge in [0.2, 0.25) is 0 Å². The quantitative estimate of drug-likeness (QED) is 0.899. The molecule has 19 heavy (non-hydrogen) atoms. The van der Waals surface area contributed by atoms with Crippen LogP contribution in [0.5, 0.6) is 0 Å². The molecule has 1 aromatic rings. The summed E-state index contributed by atoms with van der Waals surface area (Å²) in [6.45, 7) is 7.71. The molecule has 0 spiro atoms. The largest absolute Gasteiger partial charge is 0.311 e. The Hall–Kier alpha value is -0.930. The van der Waals surface area contributed by atoms with Gasteiger partial charge in [0.25, 0.3) is 0 Å². The van der Waals surface area contributed by atoms with Crippen molar-refractivity contribution in [1.29, 1.82) is 0 Å². The van der Waals surface area contributed by atoms with E-state index in [0.29, 0.717) is 12.1 Å². The molecule has 0 bridgehead atoms. The second-order valence-electron chi connectivity index (χ2n) is 6.11. The summed E-state index contributed by atoms with van der Waals surface area (Å²) in [5, 5.41) is 3.75. The molecule has 1 aliphatic carbocycles. The van der Waals surface area contributed by atoms with Gasteiger partial charge >= 0.3 is 0 Å². The van der Waals surface area contributed by atoms with Crippen LogP contribution in [0.3, 0.4) is 0 Å². The van der Waals surface area contributed by atoms with E-state index in [1.165, 1.54) is 31.5 Å². The van der Waals surface area contributed by atoms with Gasteiger partial charge in [0.1, 0.15) is 0 Å². The van der Waals surface area contributed by atoms with Crippen molar-refractivity contribution in [3.8, 4) is 0 Å². The lowest BCUT2D eigenvalue weighted by atomic mass is 10.0. The summed E-state index contributed by atoms with van der Waals surface area (Å²) in [6.07, 6.45) is 4.06. The number of hydrogen-bond donors (Lipinski definition) is 1. The van der Waals surface area contributed by atoms with Crippen molar-refractivity contribution in [2.24, 2.45) is 5.92 Å². The highest BCUT2D eigenvalue weighted by atomic mass is 15.2. The summed E-state index contributed by atoms with van der Waals surface area (Å²) < 4.78 is 0. The summed E-state index contributed by atoms with van der Waals surface area (Å²) in [6, 6.07) is 7.74. The zero-order valence-corrected chi connectivity index (χ0v) is 12.1. The molecule has 2 aliphatic rings. The molecule has 2 atom stereocenters. The summed E-state index contributed by atoms with van der Waals surface area (Å²) in [7, 11) is 0. The van der Waals surface area contributed by atoms with Crippen molar-refractivity contribution >= 4 is 0 Å². The van der Waals surface area contributed by atoms with E-state index in [0.717, 1.165) is 24.7 Å². The normalized spacial score (nSPS) is 28.5. The lowest BCUT2D eigenvalue weighted by molar-refractivity contribution is 0.110. The molecule has 104 valence electrons. The van der Waals surface area contributed by atoms with Crippen molar-refractivity contribution < 1.29 is 0 Å². The first-order chi connectivity index (χ1) is 9.26. The SMILES string of the molecule is CCC1CNC(C2CC2)CN1Cc1cccc(C)n1. The molecule has 1 N–H and O–H groups in total. The minimum absolute atomic E-state index is 0.664. The van der Waals surface area contributed by atoms with Gasteiger partial charge < -0.3 is 5.32 Å². The number of rotatable bonds is 4. The molecule has 2 fully saturated rings. The molecule has 1 aromatic heterocycles. The first-order valence-electron chi connectivity index (χ1n) is 7.66. The predicted octanol–water partition coefficient (Wildman–Crippen LogP) is 2.35. The minimum Gasteiger partial charge on any atom is -0.311 e. The Morgan fingerprint density at radius 2 is 2.21 bits per heavy atom. The molecule has 0 radical (unpaired) electrons. The monoisotopic (exact) mass is 259 g/mol. The van der Waals surface area contributed by atoms with E-state index in [2.05, 4.69) is 47.2 Å². The van der Waals surface area contributed by atoms with E-state index in [-0.39, 0.29) is 0 Å². The fourth-order valence-corrected chi connectivity index (χ4v) is 3.19. The van der Waals surface area contributed by atoms with Gasteiger partial charge in [-0.2, -0.15) is 0 Å². The Morgan fingerprint density at radius 1 is 1.37 bits per heavy atom. The van der Waals surface area contributed by atoms with Crippen LogP contribution in [0, 0.1) is 12.8 Å². The number of aromatic nitrogens is 1. The first kappa shape index (κ1) is 13.1. The Balaban J connectivity index is 1.68. The molecule has 2 unspecified atom stereocenters. The van der Waals surface area contributed by atoms with E-state index < -0.39 is 0 Å². The second kappa shape index (κ2) is 5.59. The number of pyridine rings is 1. The topological polar surface area (TPSA) is 28.2 Å². The van der Waals surface area contributed by atoms with Gasteiger partial charge in [-0.3, -0.25) is 9.88 Å². The van der Waals surface area contributed by atoms with E-state index >= 15 is 0 Å². The molecule has 1 aliphatic heterocycles. The van der Waals surface area contributed by atoms with Gasteiger partial charge in [-0.15, -0.1) is 0 Å². The third-order valence-electron chi connectivity index (χ3n) is 4.54. The molecule has 3 nitrogen and oxygen atoms in total. The fourth-order valence-electron chi connectivity index (χ4n) is 3.19. The summed E-state index contributed by atoms with van der Waals surface area (Å²) in [5.74, 6) is 0.936. The summed E-state index contributed by atoms with van der Waals surface area (Å²) in [4.78, 5) is 7.30. The van der Waals surface area contributed by atoms with Crippen LogP contribution < -0.4 is 5.32 Å². The maximum Gasteiger partial charge on any atom is 0.0547 e. The molecule has 3 heteroatoms. The van der Waals surface area contributed by atoms with Crippen LogP contribution in [0.25, 0.3) is 0 Å². The molecular formula is C16H25N3. The zero-order chi connectivity index (χ0) is 13.2. The van der Waals surface area contributed by atoms with Crippen LogP contribution in [0.1, 0.15) is 37.6 Å². The highest BCUT2D eigenvalue weighted by Gasteiger charge is 2.36. The van der Waals surface area contributed by atoms with Crippen molar-refractivity contribution in [2.45, 2.75) is 51.7 Å². The van der Waals surface area contributed by atoms with Crippen molar-refractivity contribution in [3.05, 3.63) is 29.6 Å².